The third-order valence-electron chi connectivity index (χ3n) is 1.00. The summed E-state index contributed by atoms with van der Waals surface area (Å²) in [7, 11) is 0. The van der Waals surface area contributed by atoms with Crippen LogP contribution in [0.1, 0.15) is 40.5 Å². The zero-order chi connectivity index (χ0) is 9.11. The standard InChI is InChI=1S/C6H12NO.C3H8.5V/c1-3-5-7(4-2)6-8;1-3-2;;;;;/h3-5H2,1-2H3;3H2,1-2H3;;;;;/q-1;;;;;;. The van der Waals surface area contributed by atoms with Crippen molar-refractivity contribution in [2.45, 2.75) is 40.5 Å². The average Bonchev–Trinajstić information content (AvgIpc) is 2.02. The Hall–Kier alpha value is 2.39. The maximum absolute atomic E-state index is 9.93. The molecule has 0 spiro atoms. The molecule has 1 amide bonds. The van der Waals surface area contributed by atoms with Crippen molar-refractivity contribution in [3.05, 3.63) is 0 Å². The number of rotatable bonds is 4. The SMILES string of the molecule is CCC.CCCN([C-]=O)CC.[V].[V].[V].[V].[V]. The largest absolute Gasteiger partial charge is 0.520 e. The van der Waals surface area contributed by atoms with Crippen LogP contribution in [0.15, 0.2) is 0 Å². The van der Waals surface area contributed by atoms with Gasteiger partial charge in [-0.05, 0) is 19.5 Å². The van der Waals surface area contributed by atoms with Gasteiger partial charge in [-0.25, -0.2) is 0 Å². The molecule has 0 fully saturated rings. The predicted octanol–water partition coefficient (Wildman–Crippen LogP) is 2.19. The Morgan fingerprint density at radius 2 is 1.19 bits per heavy atom. The van der Waals surface area contributed by atoms with Gasteiger partial charge in [0.05, 0.1) is 0 Å². The molecule has 0 heterocycles. The van der Waals surface area contributed by atoms with E-state index in [9.17, 15) is 4.79 Å². The molecule has 0 aliphatic heterocycles. The van der Waals surface area contributed by atoms with Crippen molar-refractivity contribution in [1.82, 2.24) is 4.90 Å². The Balaban J connectivity index is -0.0000000185. The number of carbonyl (C=O) groups excluding carboxylic acids is 1. The van der Waals surface area contributed by atoms with Gasteiger partial charge in [0.15, 0.2) is 0 Å². The molecule has 2 nitrogen and oxygen atoms in total. The van der Waals surface area contributed by atoms with Gasteiger partial charge < -0.3 is 9.69 Å². The fourth-order valence-electron chi connectivity index (χ4n) is 0.538. The zero-order valence-corrected chi connectivity index (χ0v) is 17.4. The first-order valence-corrected chi connectivity index (χ1v) is 4.39. The van der Waals surface area contributed by atoms with E-state index in [4.69, 9.17) is 0 Å². The molecule has 0 aromatic heterocycles. The third kappa shape index (κ3) is 44.0. The average molecular weight is 413 g/mol. The molecule has 0 aromatic rings. The Morgan fingerprint density at radius 3 is 1.25 bits per heavy atom. The van der Waals surface area contributed by atoms with Gasteiger partial charge in [-0.15, -0.1) is 0 Å². The van der Waals surface area contributed by atoms with Crippen LogP contribution in [0.5, 0.6) is 0 Å². The van der Waals surface area contributed by atoms with Crippen molar-refractivity contribution in [2.75, 3.05) is 13.1 Å². The number of hydrogen-bond acceptors (Lipinski definition) is 1. The molecule has 7 heteroatoms. The minimum atomic E-state index is 0. The first kappa shape index (κ1) is 42.9. The Labute approximate surface area is 161 Å². The summed E-state index contributed by atoms with van der Waals surface area (Å²) in [5.41, 5.74) is 0. The molecule has 16 heavy (non-hydrogen) atoms. The van der Waals surface area contributed by atoms with Crippen LogP contribution >= 0.6 is 0 Å². The Bertz CT molecular complexity index is 88.3. The fraction of sp³-hybridized carbons (Fsp3) is 0.889. The van der Waals surface area contributed by atoms with Crippen molar-refractivity contribution in [3.8, 4) is 0 Å². The maximum Gasteiger partial charge on any atom is 0 e. The van der Waals surface area contributed by atoms with Crippen molar-refractivity contribution in [1.29, 1.82) is 0 Å². The topological polar surface area (TPSA) is 20.3 Å². The minimum Gasteiger partial charge on any atom is -0.520 e. The normalized spacial score (nSPS) is 5.50. The molecule has 0 aliphatic rings. The van der Waals surface area contributed by atoms with E-state index in [2.05, 4.69) is 13.8 Å². The van der Waals surface area contributed by atoms with Gasteiger partial charge in [0.1, 0.15) is 0 Å². The van der Waals surface area contributed by atoms with E-state index < -0.39 is 0 Å². The van der Waals surface area contributed by atoms with E-state index in [0.29, 0.717) is 0 Å². The Kier molecular flexibility index (Phi) is 116. The van der Waals surface area contributed by atoms with Gasteiger partial charge in [-0.3, -0.25) is 0 Å². The van der Waals surface area contributed by atoms with E-state index in [1.165, 1.54) is 6.42 Å². The first-order chi connectivity index (χ1) is 5.26. The van der Waals surface area contributed by atoms with Crippen LogP contribution < -0.4 is 0 Å². The van der Waals surface area contributed by atoms with Gasteiger partial charge in [-0.2, -0.15) is 6.41 Å². The van der Waals surface area contributed by atoms with Crippen LogP contribution in [0.3, 0.4) is 0 Å². The monoisotopic (exact) mass is 413 g/mol. The molecule has 0 aliphatic carbocycles. The molecule has 0 rings (SSSR count). The van der Waals surface area contributed by atoms with Crippen LogP contribution in [0.4, 0.5) is 0 Å². The molecule has 0 unspecified atom stereocenters. The minimum absolute atomic E-state index is 0. The van der Waals surface area contributed by atoms with Gasteiger partial charge in [-0.1, -0.05) is 34.1 Å². The summed E-state index contributed by atoms with van der Waals surface area (Å²) in [4.78, 5) is 11.6. The summed E-state index contributed by atoms with van der Waals surface area (Å²) < 4.78 is 0. The van der Waals surface area contributed by atoms with E-state index in [1.807, 2.05) is 20.3 Å². The van der Waals surface area contributed by atoms with Gasteiger partial charge >= 0.3 is 0 Å². The molecule has 5 radical (unpaired) electrons. The van der Waals surface area contributed by atoms with Crippen LogP contribution in [0.25, 0.3) is 0 Å². The first-order valence-electron chi connectivity index (χ1n) is 4.39. The molecule has 0 aromatic carbocycles. The summed E-state index contributed by atoms with van der Waals surface area (Å²) in [6.45, 7) is 9.85. The molecule has 0 atom stereocenters. The molecule has 0 bridgehead atoms. The molecular weight excluding hydrogens is 393 g/mol. The second kappa shape index (κ2) is 43.3. The number of nitrogens with zero attached hydrogens (tertiary/aromatic N) is 1. The van der Waals surface area contributed by atoms with Gasteiger partial charge in [0.2, 0.25) is 0 Å². The zero-order valence-electron chi connectivity index (χ0n) is 10.4. The molecular formula is C9H20NOV5-. The maximum atomic E-state index is 9.93. The van der Waals surface area contributed by atoms with Crippen LogP contribution in [0, 0.1) is 0 Å². The second-order valence-electron chi connectivity index (χ2n) is 2.38. The second-order valence-corrected chi connectivity index (χ2v) is 2.38. The van der Waals surface area contributed by atoms with E-state index in [-0.39, 0.29) is 92.8 Å². The molecule has 0 saturated heterocycles. The molecule has 0 saturated carbocycles. The van der Waals surface area contributed by atoms with Crippen LogP contribution in [-0.4, -0.2) is 24.4 Å². The van der Waals surface area contributed by atoms with E-state index in [0.717, 1.165) is 19.5 Å². The summed E-state index contributed by atoms with van der Waals surface area (Å²) in [5.74, 6) is 0. The van der Waals surface area contributed by atoms with Crippen molar-refractivity contribution < 1.29 is 97.6 Å². The van der Waals surface area contributed by atoms with Crippen molar-refractivity contribution >= 4 is 6.41 Å². The van der Waals surface area contributed by atoms with Crippen LogP contribution in [0.2, 0.25) is 0 Å². The fourth-order valence-corrected chi connectivity index (χ4v) is 0.538. The molecule has 0 N–H and O–H groups in total. The summed E-state index contributed by atoms with van der Waals surface area (Å²) in [5, 5.41) is 0. The number of hydrogen-bond donors (Lipinski definition) is 0. The van der Waals surface area contributed by atoms with Crippen LogP contribution in [-0.2, 0) is 97.6 Å². The van der Waals surface area contributed by atoms with Crippen molar-refractivity contribution in [3.63, 3.8) is 0 Å². The summed E-state index contributed by atoms with van der Waals surface area (Å²) in [6.07, 6.45) is 4.10. The van der Waals surface area contributed by atoms with Crippen molar-refractivity contribution in [2.24, 2.45) is 0 Å². The smallest absolute Gasteiger partial charge is 0 e. The quantitative estimate of drug-likeness (QED) is 0.512. The molecule has 93 valence electrons. The van der Waals surface area contributed by atoms with E-state index in [1.54, 1.807) is 4.90 Å². The number of amides is 1. The Morgan fingerprint density at radius 1 is 0.875 bits per heavy atom. The summed E-state index contributed by atoms with van der Waals surface area (Å²) in [6, 6.07) is 0. The summed E-state index contributed by atoms with van der Waals surface area (Å²) >= 11 is 0. The third-order valence-corrected chi connectivity index (χ3v) is 1.00. The van der Waals surface area contributed by atoms with Gasteiger partial charge in [0.25, 0.3) is 0 Å². The van der Waals surface area contributed by atoms with E-state index >= 15 is 0 Å². The van der Waals surface area contributed by atoms with Gasteiger partial charge in [0, 0.05) is 92.8 Å². The predicted molar refractivity (Wildman–Crippen MR) is 49.2 cm³/mol.